The highest BCUT2D eigenvalue weighted by Crippen LogP contribution is 2.51. The van der Waals surface area contributed by atoms with E-state index in [2.05, 4.69) is 21.6 Å². The van der Waals surface area contributed by atoms with Crippen molar-refractivity contribution in [3.05, 3.63) is 35.6 Å². The molecule has 3 fully saturated rings. The highest BCUT2D eigenvalue weighted by Gasteiger charge is 2.52. The van der Waals surface area contributed by atoms with E-state index < -0.39 is 0 Å². The summed E-state index contributed by atoms with van der Waals surface area (Å²) in [5, 5.41) is 6.62. The second-order valence-corrected chi connectivity index (χ2v) is 8.98. The van der Waals surface area contributed by atoms with Crippen LogP contribution in [0.3, 0.4) is 0 Å². The van der Waals surface area contributed by atoms with Crippen LogP contribution in [0.5, 0.6) is 0 Å². The number of carbonyl (C=O) groups excluding carboxylic acids is 1. The molecule has 29 heavy (non-hydrogen) atoms. The molecule has 1 saturated carbocycles. The number of piperidine rings is 1. The average Bonchev–Trinajstić information content (AvgIpc) is 3.16. The zero-order valence-corrected chi connectivity index (χ0v) is 17.5. The SMILES string of the molecule is COC(=O)N[C@H]1CCCC1[C@](CN1CCC1)(c1cccc(F)c1)C1CCNCC1. The van der Waals surface area contributed by atoms with Crippen molar-refractivity contribution in [1.29, 1.82) is 0 Å². The van der Waals surface area contributed by atoms with E-state index in [9.17, 15) is 9.18 Å². The highest BCUT2D eigenvalue weighted by atomic mass is 19.1. The van der Waals surface area contributed by atoms with E-state index in [4.69, 9.17) is 4.74 Å². The summed E-state index contributed by atoms with van der Waals surface area (Å²) >= 11 is 0. The van der Waals surface area contributed by atoms with Crippen molar-refractivity contribution in [3.8, 4) is 0 Å². The van der Waals surface area contributed by atoms with E-state index in [0.717, 1.165) is 70.4 Å². The Balaban J connectivity index is 1.77. The van der Waals surface area contributed by atoms with Gasteiger partial charge in [0.05, 0.1) is 7.11 Å². The molecule has 3 atom stereocenters. The summed E-state index contributed by atoms with van der Waals surface area (Å²) in [6, 6.07) is 7.35. The van der Waals surface area contributed by atoms with Gasteiger partial charge in [0.15, 0.2) is 0 Å². The minimum atomic E-state index is -0.357. The standard InChI is InChI=1S/C23H34FN3O2/c1-29-22(28)26-21-8-3-7-20(21)23(16-27-13-4-14-27,17-9-11-25-12-10-17)18-5-2-6-19(24)15-18/h2,5-6,15,17,20-21,25H,3-4,7-14,16H2,1H3,(H,26,28)/t20?,21-,23-/m0/s1. The molecule has 2 N–H and O–H groups in total. The zero-order valence-electron chi connectivity index (χ0n) is 17.5. The van der Waals surface area contributed by atoms with Crippen molar-refractivity contribution in [3.63, 3.8) is 0 Å². The smallest absolute Gasteiger partial charge is 0.407 e. The number of nitrogens with zero attached hydrogens (tertiary/aromatic N) is 1. The normalized spacial score (nSPS) is 27.8. The van der Waals surface area contributed by atoms with Crippen LogP contribution in [0.1, 0.15) is 44.1 Å². The number of hydrogen-bond acceptors (Lipinski definition) is 4. The molecule has 1 aromatic rings. The molecule has 1 aliphatic carbocycles. The van der Waals surface area contributed by atoms with Gasteiger partial charge in [0.1, 0.15) is 5.82 Å². The predicted molar refractivity (Wildman–Crippen MR) is 111 cm³/mol. The van der Waals surface area contributed by atoms with Crippen molar-refractivity contribution in [2.75, 3.05) is 39.8 Å². The number of ether oxygens (including phenoxy) is 1. The predicted octanol–water partition coefficient (Wildman–Crippen LogP) is 3.29. The molecule has 1 aromatic carbocycles. The molecule has 2 heterocycles. The first-order valence-corrected chi connectivity index (χ1v) is 11.2. The van der Waals surface area contributed by atoms with Crippen molar-refractivity contribution in [2.24, 2.45) is 11.8 Å². The Morgan fingerprint density at radius 1 is 1.24 bits per heavy atom. The summed E-state index contributed by atoms with van der Waals surface area (Å²) < 4.78 is 19.4. The van der Waals surface area contributed by atoms with Gasteiger partial charge in [-0.15, -0.1) is 0 Å². The maximum absolute atomic E-state index is 14.4. The summed E-state index contributed by atoms with van der Waals surface area (Å²) in [6.07, 6.45) is 6.16. The Bertz CT molecular complexity index is 705. The van der Waals surface area contributed by atoms with Crippen molar-refractivity contribution in [1.82, 2.24) is 15.5 Å². The minimum absolute atomic E-state index is 0.0712. The minimum Gasteiger partial charge on any atom is -0.453 e. The number of likely N-dealkylation sites (tertiary alicyclic amines) is 1. The second-order valence-electron chi connectivity index (χ2n) is 8.98. The van der Waals surface area contributed by atoms with Crippen molar-refractivity contribution >= 4 is 6.09 Å². The zero-order chi connectivity index (χ0) is 20.3. The maximum atomic E-state index is 14.4. The lowest BCUT2D eigenvalue weighted by molar-refractivity contribution is 0.0421. The summed E-state index contributed by atoms with van der Waals surface area (Å²) in [5.74, 6) is 0.586. The number of rotatable bonds is 6. The third-order valence-corrected chi connectivity index (χ3v) is 7.53. The number of benzene rings is 1. The number of nitrogens with one attached hydrogen (secondary N) is 2. The Morgan fingerprint density at radius 3 is 2.69 bits per heavy atom. The third kappa shape index (κ3) is 4.15. The summed E-state index contributed by atoms with van der Waals surface area (Å²) in [6.45, 7) is 5.19. The lowest BCUT2D eigenvalue weighted by Crippen LogP contribution is -2.59. The van der Waals surface area contributed by atoms with Gasteiger partial charge in [-0.2, -0.15) is 0 Å². The molecule has 5 nitrogen and oxygen atoms in total. The van der Waals surface area contributed by atoms with Crippen LogP contribution in [0.2, 0.25) is 0 Å². The van der Waals surface area contributed by atoms with Crippen molar-refractivity contribution < 1.29 is 13.9 Å². The van der Waals surface area contributed by atoms with Crippen molar-refractivity contribution in [2.45, 2.75) is 50.0 Å². The third-order valence-electron chi connectivity index (χ3n) is 7.53. The molecular formula is C23H34FN3O2. The lowest BCUT2D eigenvalue weighted by atomic mass is 9.58. The molecule has 0 aromatic heterocycles. The van der Waals surface area contributed by atoms with Gasteiger partial charge >= 0.3 is 6.09 Å². The number of alkyl carbamates (subject to hydrolysis) is 1. The Morgan fingerprint density at radius 2 is 2.03 bits per heavy atom. The van der Waals surface area contributed by atoms with E-state index >= 15 is 0 Å². The van der Waals surface area contributed by atoms with Gasteiger partial charge in [0.25, 0.3) is 0 Å². The van der Waals surface area contributed by atoms with Crippen LogP contribution in [0.25, 0.3) is 0 Å². The van der Waals surface area contributed by atoms with E-state index in [1.165, 1.54) is 13.5 Å². The highest BCUT2D eigenvalue weighted by molar-refractivity contribution is 5.67. The summed E-state index contributed by atoms with van der Waals surface area (Å²) in [5.41, 5.74) is 0.951. The van der Waals surface area contributed by atoms with Crippen LogP contribution < -0.4 is 10.6 Å². The first kappa shape index (κ1) is 20.6. The van der Waals surface area contributed by atoms with Crippen LogP contribution in [0.15, 0.2) is 24.3 Å². The van der Waals surface area contributed by atoms with E-state index in [0.29, 0.717) is 5.92 Å². The molecule has 0 radical (unpaired) electrons. The largest absolute Gasteiger partial charge is 0.453 e. The van der Waals surface area contributed by atoms with Gasteiger partial charge in [-0.25, -0.2) is 9.18 Å². The van der Waals surface area contributed by atoms with E-state index in [1.807, 2.05) is 6.07 Å². The average molecular weight is 404 g/mol. The second kappa shape index (κ2) is 9.00. The topological polar surface area (TPSA) is 53.6 Å². The number of hydrogen-bond donors (Lipinski definition) is 2. The Kier molecular flexibility index (Phi) is 6.40. The van der Waals surface area contributed by atoms with E-state index in [-0.39, 0.29) is 29.3 Å². The molecule has 6 heteroatoms. The van der Waals surface area contributed by atoms with Gasteiger partial charge in [-0.05, 0) is 87.8 Å². The Labute approximate surface area is 173 Å². The fraction of sp³-hybridized carbons (Fsp3) is 0.696. The first-order valence-electron chi connectivity index (χ1n) is 11.2. The molecule has 2 aliphatic heterocycles. The summed E-state index contributed by atoms with van der Waals surface area (Å²) in [7, 11) is 1.42. The van der Waals surface area contributed by atoms with Crippen LogP contribution in [-0.4, -0.2) is 56.9 Å². The van der Waals surface area contributed by atoms with Crippen LogP contribution in [0, 0.1) is 17.7 Å². The van der Waals surface area contributed by atoms with Gasteiger partial charge in [0, 0.05) is 18.0 Å². The molecule has 3 aliphatic rings. The number of methoxy groups -OCH3 is 1. The molecule has 0 spiro atoms. The van der Waals surface area contributed by atoms with Gasteiger partial charge < -0.3 is 20.3 Å². The molecule has 2 saturated heterocycles. The summed E-state index contributed by atoms with van der Waals surface area (Å²) in [4.78, 5) is 14.6. The lowest BCUT2D eigenvalue weighted by Gasteiger charge is -2.53. The van der Waals surface area contributed by atoms with Crippen LogP contribution >= 0.6 is 0 Å². The first-order chi connectivity index (χ1) is 14.1. The molecule has 160 valence electrons. The van der Waals surface area contributed by atoms with Gasteiger partial charge in [0.2, 0.25) is 0 Å². The molecule has 4 rings (SSSR count). The molecule has 0 bridgehead atoms. The fourth-order valence-electron chi connectivity index (χ4n) is 6.07. The van der Waals surface area contributed by atoms with Gasteiger partial charge in [-0.3, -0.25) is 0 Å². The monoisotopic (exact) mass is 403 g/mol. The van der Waals surface area contributed by atoms with Crippen LogP contribution in [0.4, 0.5) is 9.18 Å². The number of halogens is 1. The number of amides is 1. The molecule has 1 unspecified atom stereocenters. The van der Waals surface area contributed by atoms with Gasteiger partial charge in [-0.1, -0.05) is 18.6 Å². The van der Waals surface area contributed by atoms with Crippen LogP contribution in [-0.2, 0) is 10.2 Å². The quantitative estimate of drug-likeness (QED) is 0.765. The van der Waals surface area contributed by atoms with E-state index in [1.54, 1.807) is 12.1 Å². The maximum Gasteiger partial charge on any atom is 0.407 e. The Hall–Kier alpha value is -1.66. The fourth-order valence-corrected chi connectivity index (χ4v) is 6.07. The molecule has 1 amide bonds. The molecular weight excluding hydrogens is 369 g/mol. The number of carbonyl (C=O) groups is 1.